The van der Waals surface area contributed by atoms with Gasteiger partial charge in [0.15, 0.2) is 0 Å². The topological polar surface area (TPSA) is 127 Å². The Bertz CT molecular complexity index is 1410. The molecule has 3 aromatic rings. The number of nitrogens with zero attached hydrogens (tertiary/aromatic N) is 4. The first-order valence-electron chi connectivity index (χ1n) is 12.6. The number of nitrogens with one attached hydrogen (secondary N) is 1. The summed E-state index contributed by atoms with van der Waals surface area (Å²) in [5, 5.41) is 17.0. The van der Waals surface area contributed by atoms with Crippen LogP contribution in [-0.2, 0) is 9.47 Å². The standard InChI is InChI=1S/C27H35N5O6/c1-26(2,3)38-25(36)30(5)22-15-17(14-21-19(24(34)35)16-28-32(21)22)29-20-8-7-13-31(23(20)33)18-9-11-27(4,37-6)12-10-18/h7-8,13-16,18,29H,9-12H2,1-6H3,(H,34,35). The monoisotopic (exact) mass is 525 g/mol. The number of carboxylic acid groups (broad SMARTS) is 1. The van der Waals surface area contributed by atoms with E-state index in [2.05, 4.69) is 17.3 Å². The van der Waals surface area contributed by atoms with Gasteiger partial charge in [0.25, 0.3) is 5.56 Å². The molecule has 1 saturated carbocycles. The summed E-state index contributed by atoms with van der Waals surface area (Å²) < 4.78 is 14.2. The molecule has 0 atom stereocenters. The van der Waals surface area contributed by atoms with Crippen LogP contribution in [0.25, 0.3) is 5.52 Å². The van der Waals surface area contributed by atoms with Gasteiger partial charge >= 0.3 is 12.1 Å². The number of rotatable bonds is 6. The highest BCUT2D eigenvalue weighted by Crippen LogP contribution is 2.36. The fraction of sp³-hybridized carbons (Fsp3) is 0.481. The average molecular weight is 526 g/mol. The Balaban J connectivity index is 1.71. The summed E-state index contributed by atoms with van der Waals surface area (Å²) >= 11 is 0. The molecule has 4 rings (SSSR count). The van der Waals surface area contributed by atoms with Crippen LogP contribution in [0.1, 0.15) is 69.8 Å². The fourth-order valence-electron chi connectivity index (χ4n) is 4.71. The highest BCUT2D eigenvalue weighted by atomic mass is 16.6. The van der Waals surface area contributed by atoms with E-state index < -0.39 is 17.7 Å². The summed E-state index contributed by atoms with van der Waals surface area (Å²) in [7, 11) is 3.24. The van der Waals surface area contributed by atoms with E-state index in [4.69, 9.17) is 9.47 Å². The fourth-order valence-corrected chi connectivity index (χ4v) is 4.71. The van der Waals surface area contributed by atoms with Gasteiger partial charge in [-0.3, -0.25) is 9.69 Å². The Morgan fingerprint density at radius 3 is 2.53 bits per heavy atom. The summed E-state index contributed by atoms with van der Waals surface area (Å²) in [4.78, 5) is 39.4. The van der Waals surface area contributed by atoms with Crippen molar-refractivity contribution in [2.24, 2.45) is 0 Å². The molecular formula is C27H35N5O6. The van der Waals surface area contributed by atoms with Crippen molar-refractivity contribution < 1.29 is 24.2 Å². The van der Waals surface area contributed by atoms with E-state index in [0.717, 1.165) is 25.7 Å². The molecule has 204 valence electrons. The summed E-state index contributed by atoms with van der Waals surface area (Å²) in [5.41, 5.74) is -0.111. The summed E-state index contributed by atoms with van der Waals surface area (Å²) in [6, 6.07) is 6.75. The van der Waals surface area contributed by atoms with Gasteiger partial charge in [0.1, 0.15) is 22.7 Å². The maximum atomic E-state index is 13.4. The van der Waals surface area contributed by atoms with Crippen LogP contribution in [0.4, 0.5) is 22.0 Å². The van der Waals surface area contributed by atoms with Crippen molar-refractivity contribution in [3.8, 4) is 0 Å². The molecule has 1 aliphatic carbocycles. The lowest BCUT2D eigenvalue weighted by atomic mass is 9.83. The number of methoxy groups -OCH3 is 1. The van der Waals surface area contributed by atoms with E-state index in [0.29, 0.717) is 11.4 Å². The molecule has 38 heavy (non-hydrogen) atoms. The van der Waals surface area contributed by atoms with Crippen LogP contribution in [0.2, 0.25) is 0 Å². The van der Waals surface area contributed by atoms with Gasteiger partial charge in [0.05, 0.1) is 17.3 Å². The van der Waals surface area contributed by atoms with Crippen molar-refractivity contribution >= 4 is 34.8 Å². The summed E-state index contributed by atoms with van der Waals surface area (Å²) in [5.74, 6) is -0.889. The Morgan fingerprint density at radius 1 is 1.24 bits per heavy atom. The molecule has 1 fully saturated rings. The highest BCUT2D eigenvalue weighted by Gasteiger charge is 2.32. The SMILES string of the molecule is COC1(C)CCC(n2cccc(Nc3cc(N(C)C(=O)OC(C)(C)C)n4ncc(C(=O)O)c4c3)c2=O)CC1. The number of amides is 1. The van der Waals surface area contributed by atoms with Crippen molar-refractivity contribution in [1.82, 2.24) is 14.2 Å². The van der Waals surface area contributed by atoms with Gasteiger partial charge in [-0.2, -0.15) is 5.10 Å². The Morgan fingerprint density at radius 2 is 1.92 bits per heavy atom. The van der Waals surface area contributed by atoms with Gasteiger partial charge in [0, 0.05) is 38.1 Å². The Labute approximate surface area is 221 Å². The molecule has 0 spiro atoms. The molecule has 2 N–H and O–H groups in total. The third kappa shape index (κ3) is 5.52. The third-order valence-corrected chi connectivity index (χ3v) is 6.99. The van der Waals surface area contributed by atoms with Crippen molar-refractivity contribution in [3.63, 3.8) is 0 Å². The molecule has 1 amide bonds. The van der Waals surface area contributed by atoms with Crippen LogP contribution in [0.15, 0.2) is 41.5 Å². The highest BCUT2D eigenvalue weighted by molar-refractivity contribution is 5.97. The second-order valence-corrected chi connectivity index (χ2v) is 10.9. The van der Waals surface area contributed by atoms with Gasteiger partial charge in [-0.15, -0.1) is 0 Å². The number of carboxylic acids is 1. The van der Waals surface area contributed by atoms with Crippen LogP contribution in [0.5, 0.6) is 0 Å². The van der Waals surface area contributed by atoms with Crippen molar-refractivity contribution in [2.45, 2.75) is 70.6 Å². The number of aromatic nitrogens is 3. The molecular weight excluding hydrogens is 490 g/mol. The zero-order valence-electron chi connectivity index (χ0n) is 22.6. The lowest BCUT2D eigenvalue weighted by molar-refractivity contribution is -0.0324. The largest absolute Gasteiger partial charge is 0.478 e. The maximum absolute atomic E-state index is 13.4. The van der Waals surface area contributed by atoms with Crippen molar-refractivity contribution in [3.05, 3.63) is 52.6 Å². The molecule has 3 aromatic heterocycles. The lowest BCUT2D eigenvalue weighted by Crippen LogP contribution is -2.36. The first kappa shape index (κ1) is 27.2. The van der Waals surface area contributed by atoms with Crippen LogP contribution < -0.4 is 15.8 Å². The summed E-state index contributed by atoms with van der Waals surface area (Å²) in [6.07, 6.45) is 5.73. The van der Waals surface area contributed by atoms with E-state index in [1.54, 1.807) is 56.8 Å². The van der Waals surface area contributed by atoms with E-state index in [1.165, 1.54) is 22.7 Å². The number of hydrogen-bond donors (Lipinski definition) is 2. The van der Waals surface area contributed by atoms with Gasteiger partial charge in [-0.1, -0.05) is 0 Å². The van der Waals surface area contributed by atoms with Crippen LogP contribution in [0.3, 0.4) is 0 Å². The minimum Gasteiger partial charge on any atom is -0.478 e. The number of ether oxygens (including phenoxy) is 2. The predicted molar refractivity (Wildman–Crippen MR) is 144 cm³/mol. The van der Waals surface area contributed by atoms with Crippen molar-refractivity contribution in [2.75, 3.05) is 24.4 Å². The Kier molecular flexibility index (Phi) is 7.24. The lowest BCUT2D eigenvalue weighted by Gasteiger charge is -2.36. The minimum atomic E-state index is -1.16. The number of pyridine rings is 2. The van der Waals surface area contributed by atoms with Gasteiger partial charge in [0.2, 0.25) is 0 Å². The Hall–Kier alpha value is -3.86. The summed E-state index contributed by atoms with van der Waals surface area (Å²) in [6.45, 7) is 7.36. The molecule has 0 saturated heterocycles. The number of anilines is 3. The van der Waals surface area contributed by atoms with Crippen LogP contribution >= 0.6 is 0 Å². The molecule has 0 radical (unpaired) electrons. The number of carbonyl (C=O) groups is 2. The van der Waals surface area contributed by atoms with Gasteiger partial charge < -0.3 is 24.5 Å². The number of hydrogen-bond acceptors (Lipinski definition) is 7. The number of fused-ring (bicyclic) bond motifs is 1. The smallest absolute Gasteiger partial charge is 0.415 e. The van der Waals surface area contributed by atoms with Crippen molar-refractivity contribution in [1.29, 1.82) is 0 Å². The molecule has 3 heterocycles. The molecule has 0 unspecified atom stereocenters. The van der Waals surface area contributed by atoms with Gasteiger partial charge in [-0.05, 0) is 71.6 Å². The van der Waals surface area contributed by atoms with Crippen LogP contribution in [0, 0.1) is 0 Å². The molecule has 1 aliphatic rings. The zero-order valence-corrected chi connectivity index (χ0v) is 22.6. The normalized spacial score (nSPS) is 19.8. The number of aromatic carboxylic acids is 1. The molecule has 0 aliphatic heterocycles. The van der Waals surface area contributed by atoms with Crippen LogP contribution in [-0.4, -0.2) is 56.7 Å². The maximum Gasteiger partial charge on any atom is 0.415 e. The second-order valence-electron chi connectivity index (χ2n) is 10.9. The van der Waals surface area contributed by atoms with E-state index >= 15 is 0 Å². The zero-order chi connectivity index (χ0) is 27.8. The predicted octanol–water partition coefficient (Wildman–Crippen LogP) is 4.83. The molecule has 11 nitrogen and oxygen atoms in total. The first-order chi connectivity index (χ1) is 17.8. The molecule has 0 bridgehead atoms. The minimum absolute atomic E-state index is 0.0404. The third-order valence-electron chi connectivity index (χ3n) is 6.99. The van der Waals surface area contributed by atoms with E-state index in [9.17, 15) is 19.5 Å². The first-order valence-corrected chi connectivity index (χ1v) is 12.6. The van der Waals surface area contributed by atoms with E-state index in [1.807, 2.05) is 6.07 Å². The second kappa shape index (κ2) is 10.1. The van der Waals surface area contributed by atoms with E-state index in [-0.39, 0.29) is 34.1 Å². The molecule has 0 aromatic carbocycles. The number of carbonyl (C=O) groups excluding carboxylic acids is 1. The average Bonchev–Trinajstić information content (AvgIpc) is 3.28. The van der Waals surface area contributed by atoms with Gasteiger partial charge in [-0.25, -0.2) is 14.1 Å². The quantitative estimate of drug-likeness (QED) is 0.469. The molecule has 11 heteroatoms.